The Bertz CT molecular complexity index is 419. The summed E-state index contributed by atoms with van der Waals surface area (Å²) in [6.07, 6.45) is 6.57. The van der Waals surface area contributed by atoms with Gasteiger partial charge in [0.25, 0.3) is 0 Å². The summed E-state index contributed by atoms with van der Waals surface area (Å²) < 4.78 is 20.2. The predicted octanol–water partition coefficient (Wildman–Crippen LogP) is 1.84. The average molecular weight is 506 g/mol. The molecule has 0 radical (unpaired) electrons. The zero-order valence-electron chi connectivity index (χ0n) is 21.8. The Hall–Kier alpha value is -0.910. The molecule has 0 aliphatic heterocycles. The third kappa shape index (κ3) is 41.8. The highest BCUT2D eigenvalue weighted by Gasteiger charge is 2.20. The molecule has 204 valence electrons. The number of phosphoric ester groups is 1. The maximum Gasteiger partial charge on any atom is 0.471 e. The van der Waals surface area contributed by atoms with Gasteiger partial charge in [-0.25, -0.2) is 4.57 Å². The second-order valence-corrected chi connectivity index (χ2v) is 7.55. The van der Waals surface area contributed by atoms with E-state index in [4.69, 9.17) is 19.3 Å². The summed E-state index contributed by atoms with van der Waals surface area (Å²) in [6, 6.07) is 0. The van der Waals surface area contributed by atoms with E-state index >= 15 is 0 Å². The van der Waals surface area contributed by atoms with Crippen molar-refractivity contribution < 1.29 is 38.3 Å². The van der Waals surface area contributed by atoms with Crippen LogP contribution in [0.3, 0.4) is 0 Å². The number of unbranched alkanes of at least 4 members (excludes halogenated alkanes) is 3. The maximum atomic E-state index is 11.6. The Morgan fingerprint density at radius 1 is 1.09 bits per heavy atom. The first-order valence-electron chi connectivity index (χ1n) is 11.3. The molecular weight excluding hydrogens is 453 g/mol. The fourth-order valence-electron chi connectivity index (χ4n) is 2.12. The summed E-state index contributed by atoms with van der Waals surface area (Å²) in [5, 5.41) is 22.2. The van der Waals surface area contributed by atoms with Crippen molar-refractivity contribution in [3.05, 3.63) is 0 Å². The van der Waals surface area contributed by atoms with Crippen LogP contribution in [0.2, 0.25) is 0 Å². The lowest BCUT2D eigenvalue weighted by molar-refractivity contribution is -0.121. The van der Waals surface area contributed by atoms with Crippen LogP contribution in [0.15, 0.2) is 0 Å². The predicted molar refractivity (Wildman–Crippen MR) is 134 cm³/mol. The lowest BCUT2D eigenvalue weighted by atomic mass is 10.0. The van der Waals surface area contributed by atoms with Gasteiger partial charge >= 0.3 is 7.82 Å². The van der Waals surface area contributed by atoms with E-state index in [1.165, 1.54) is 14.0 Å². The Morgan fingerprint density at radius 2 is 1.61 bits per heavy atom. The lowest BCUT2D eigenvalue weighted by Gasteiger charge is -2.16. The molecule has 12 heteroatoms. The van der Waals surface area contributed by atoms with Gasteiger partial charge in [0.15, 0.2) is 0 Å². The number of hydrogen-bond acceptors (Lipinski definition) is 9. The molecule has 2 unspecified atom stereocenters. The van der Waals surface area contributed by atoms with Crippen molar-refractivity contribution in [1.82, 2.24) is 10.6 Å². The van der Waals surface area contributed by atoms with Gasteiger partial charge in [0.1, 0.15) is 6.29 Å². The molecule has 0 aromatic carbocycles. The van der Waals surface area contributed by atoms with Crippen LogP contribution in [0.25, 0.3) is 0 Å². The van der Waals surface area contributed by atoms with E-state index in [2.05, 4.69) is 20.9 Å². The van der Waals surface area contributed by atoms with Gasteiger partial charge in [-0.1, -0.05) is 26.7 Å². The number of carbonyl (C=O) groups is 2. The third-order valence-corrected chi connectivity index (χ3v) is 4.59. The number of aldehydes is 1. The van der Waals surface area contributed by atoms with E-state index in [0.717, 1.165) is 59.2 Å². The van der Waals surface area contributed by atoms with Crippen LogP contribution < -0.4 is 16.4 Å². The molecule has 0 rings (SSSR count). The molecule has 0 aliphatic carbocycles. The minimum atomic E-state index is -3.99. The number of nitrogens with two attached hydrogens (primary N) is 1. The Kier molecular flexibility index (Phi) is 49.1. The molecule has 7 N–H and O–H groups in total. The van der Waals surface area contributed by atoms with Gasteiger partial charge in [0, 0.05) is 39.7 Å². The largest absolute Gasteiger partial charge is 0.471 e. The molecule has 0 bridgehead atoms. The lowest BCUT2D eigenvalue weighted by Crippen LogP contribution is -2.24. The van der Waals surface area contributed by atoms with Crippen molar-refractivity contribution in [2.75, 3.05) is 54.6 Å². The van der Waals surface area contributed by atoms with Gasteiger partial charge in [0.2, 0.25) is 5.91 Å². The molecule has 0 saturated carbocycles. The van der Waals surface area contributed by atoms with Crippen molar-refractivity contribution in [1.29, 1.82) is 0 Å². The number of aliphatic hydroxyl groups is 2. The number of carbonyl (C=O) groups excluding carboxylic acids is 2. The van der Waals surface area contributed by atoms with Gasteiger partial charge < -0.3 is 36.3 Å². The molecule has 0 aliphatic rings. The van der Waals surface area contributed by atoms with Crippen LogP contribution >= 0.6 is 7.82 Å². The number of aliphatic hydroxyl groups excluding tert-OH is 2. The normalized spacial score (nSPS) is 11.8. The number of phosphoric acid groups is 1. The number of rotatable bonds is 16. The van der Waals surface area contributed by atoms with Crippen LogP contribution in [0.4, 0.5) is 0 Å². The summed E-state index contributed by atoms with van der Waals surface area (Å²) >= 11 is 0. The Balaban J connectivity index is -0.000000254. The number of amides is 1. The zero-order valence-corrected chi connectivity index (χ0v) is 22.7. The van der Waals surface area contributed by atoms with Crippen molar-refractivity contribution in [2.45, 2.75) is 65.7 Å². The fourth-order valence-corrected chi connectivity index (χ4v) is 2.62. The summed E-state index contributed by atoms with van der Waals surface area (Å²) in [5.74, 6) is -0.147. The molecule has 11 nitrogen and oxygen atoms in total. The van der Waals surface area contributed by atoms with Gasteiger partial charge in [-0.2, -0.15) is 0 Å². The fraction of sp³-hybridized carbons (Fsp3) is 0.905. The SMILES string of the molecule is CC.CC=O.CN.CNCCCCCC(=O)NCCCCC(CO)COP(=O)(O)OC.CO. The van der Waals surface area contributed by atoms with E-state index in [1.54, 1.807) is 0 Å². The van der Waals surface area contributed by atoms with Gasteiger partial charge in [-0.05, 0) is 53.2 Å². The summed E-state index contributed by atoms with van der Waals surface area (Å²) in [6.45, 7) is 6.87. The minimum Gasteiger partial charge on any atom is -0.400 e. The van der Waals surface area contributed by atoms with E-state index < -0.39 is 7.82 Å². The van der Waals surface area contributed by atoms with Gasteiger partial charge in [-0.3, -0.25) is 13.8 Å². The standard InChI is InChI=1S/C15H33N2O6P.C2H4O.C2H6.CH5N.CH4O/c1-16-10-6-3-4-9-15(19)17-11-7-5-8-14(12-18)13-23-24(20,21)22-2;1-2-3;3*1-2/h14,16,18H,3-13H2,1-2H3,(H,17,19)(H,20,21);2H,1H3;1-2H3;2H2,1H3;2H,1H3. The topological polar surface area (TPSA) is 180 Å². The van der Waals surface area contributed by atoms with Crippen LogP contribution in [-0.4, -0.2) is 81.9 Å². The van der Waals surface area contributed by atoms with Crippen molar-refractivity contribution in [3.63, 3.8) is 0 Å². The highest BCUT2D eigenvalue weighted by molar-refractivity contribution is 7.47. The molecule has 2 atom stereocenters. The molecule has 0 aromatic rings. The van der Waals surface area contributed by atoms with Gasteiger partial charge in [-0.15, -0.1) is 0 Å². The molecule has 1 amide bonds. The Morgan fingerprint density at radius 3 is 2.06 bits per heavy atom. The first-order valence-corrected chi connectivity index (χ1v) is 12.8. The number of nitrogens with one attached hydrogen (secondary N) is 2. The van der Waals surface area contributed by atoms with Crippen LogP contribution in [0.5, 0.6) is 0 Å². The first kappa shape index (κ1) is 42.3. The summed E-state index contributed by atoms with van der Waals surface area (Å²) in [5.41, 5.74) is 4.50. The smallest absolute Gasteiger partial charge is 0.400 e. The highest BCUT2D eigenvalue weighted by Crippen LogP contribution is 2.42. The third-order valence-electron chi connectivity index (χ3n) is 3.65. The maximum absolute atomic E-state index is 11.6. The summed E-state index contributed by atoms with van der Waals surface area (Å²) in [7, 11) is 1.52. The quantitative estimate of drug-likeness (QED) is 0.103. The zero-order chi connectivity index (χ0) is 27.0. The number of hydrogen-bond donors (Lipinski definition) is 6. The van der Waals surface area contributed by atoms with E-state index in [0.29, 0.717) is 19.4 Å². The van der Waals surface area contributed by atoms with Crippen molar-refractivity contribution in [3.8, 4) is 0 Å². The molecule has 0 spiro atoms. The van der Waals surface area contributed by atoms with Crippen LogP contribution in [0.1, 0.15) is 65.7 Å². The second-order valence-electron chi connectivity index (χ2n) is 5.99. The molecule has 33 heavy (non-hydrogen) atoms. The van der Waals surface area contributed by atoms with Crippen molar-refractivity contribution in [2.24, 2.45) is 11.7 Å². The average Bonchev–Trinajstić information content (AvgIpc) is 2.85. The Labute approximate surface area is 201 Å². The minimum absolute atomic E-state index is 0.0307. The van der Waals surface area contributed by atoms with E-state index in [1.807, 2.05) is 20.9 Å². The van der Waals surface area contributed by atoms with E-state index in [9.17, 15) is 14.5 Å². The highest BCUT2D eigenvalue weighted by atomic mass is 31.2. The summed E-state index contributed by atoms with van der Waals surface area (Å²) in [4.78, 5) is 29.6. The second kappa shape index (κ2) is 38.4. The molecule has 0 heterocycles. The van der Waals surface area contributed by atoms with E-state index in [-0.39, 0.29) is 25.0 Å². The first-order chi connectivity index (χ1) is 15.9. The van der Waals surface area contributed by atoms with Crippen LogP contribution in [-0.2, 0) is 23.2 Å². The molecule has 0 aromatic heterocycles. The van der Waals surface area contributed by atoms with Gasteiger partial charge in [0.05, 0.1) is 6.61 Å². The monoisotopic (exact) mass is 505 g/mol. The molecule has 0 saturated heterocycles. The van der Waals surface area contributed by atoms with Crippen LogP contribution in [0, 0.1) is 5.92 Å². The molecular formula is C21H52N3O8P. The van der Waals surface area contributed by atoms with Crippen molar-refractivity contribution >= 4 is 20.0 Å². The molecule has 0 fully saturated rings.